The SMILES string of the molecule is CC(=O)NC[C@H]1CN(c2ccc(C(=O)Nc3ccncn3)c(F)c2)C(=O)O1. The summed E-state index contributed by atoms with van der Waals surface area (Å²) in [5.41, 5.74) is 0.0566. The summed E-state index contributed by atoms with van der Waals surface area (Å²) in [4.78, 5) is 43.9. The molecule has 9 nitrogen and oxygen atoms in total. The second-order valence-electron chi connectivity index (χ2n) is 5.77. The molecule has 2 aromatic rings. The van der Waals surface area contributed by atoms with Gasteiger partial charge in [0, 0.05) is 13.1 Å². The molecule has 1 fully saturated rings. The molecule has 2 N–H and O–H groups in total. The average molecular weight is 373 g/mol. The molecule has 0 saturated carbocycles. The molecule has 1 aromatic carbocycles. The Hall–Kier alpha value is -3.56. The van der Waals surface area contributed by atoms with Gasteiger partial charge in [-0.3, -0.25) is 14.5 Å². The van der Waals surface area contributed by atoms with Crippen molar-refractivity contribution in [2.24, 2.45) is 0 Å². The molecular formula is C17H16FN5O4. The van der Waals surface area contributed by atoms with Crippen LogP contribution in [0.2, 0.25) is 0 Å². The van der Waals surface area contributed by atoms with Crippen molar-refractivity contribution in [2.45, 2.75) is 13.0 Å². The van der Waals surface area contributed by atoms with Crippen molar-refractivity contribution in [1.29, 1.82) is 0 Å². The third-order valence-electron chi connectivity index (χ3n) is 3.79. The van der Waals surface area contributed by atoms with Gasteiger partial charge in [0.25, 0.3) is 5.91 Å². The Balaban J connectivity index is 1.70. The van der Waals surface area contributed by atoms with Gasteiger partial charge < -0.3 is 15.4 Å². The highest BCUT2D eigenvalue weighted by atomic mass is 19.1. The fraction of sp³-hybridized carbons (Fsp3) is 0.235. The minimum absolute atomic E-state index is 0.158. The second kappa shape index (κ2) is 7.77. The highest BCUT2D eigenvalue weighted by Crippen LogP contribution is 2.24. The lowest BCUT2D eigenvalue weighted by Gasteiger charge is -2.14. The van der Waals surface area contributed by atoms with Crippen molar-refractivity contribution in [3.63, 3.8) is 0 Å². The van der Waals surface area contributed by atoms with Crippen LogP contribution in [0.1, 0.15) is 17.3 Å². The lowest BCUT2D eigenvalue weighted by Crippen LogP contribution is -2.33. The molecule has 1 atom stereocenters. The number of amides is 3. The molecule has 10 heteroatoms. The van der Waals surface area contributed by atoms with Gasteiger partial charge in [0.05, 0.1) is 24.3 Å². The van der Waals surface area contributed by atoms with Crippen LogP contribution in [0, 0.1) is 5.82 Å². The maximum atomic E-state index is 14.4. The van der Waals surface area contributed by atoms with Crippen LogP contribution in [0.4, 0.5) is 20.7 Å². The number of hydrogen-bond donors (Lipinski definition) is 2. The number of nitrogens with one attached hydrogen (secondary N) is 2. The molecule has 0 aliphatic carbocycles. The zero-order chi connectivity index (χ0) is 19.4. The monoisotopic (exact) mass is 373 g/mol. The topological polar surface area (TPSA) is 114 Å². The lowest BCUT2D eigenvalue weighted by atomic mass is 10.1. The first-order valence-corrected chi connectivity index (χ1v) is 8.03. The van der Waals surface area contributed by atoms with Crippen molar-refractivity contribution >= 4 is 29.4 Å². The Morgan fingerprint density at radius 3 is 2.85 bits per heavy atom. The van der Waals surface area contributed by atoms with Crippen molar-refractivity contribution in [3.8, 4) is 0 Å². The minimum Gasteiger partial charge on any atom is -0.442 e. The van der Waals surface area contributed by atoms with E-state index in [1.54, 1.807) is 0 Å². The van der Waals surface area contributed by atoms with E-state index >= 15 is 0 Å². The normalized spacial score (nSPS) is 16.0. The first kappa shape index (κ1) is 18.2. The van der Waals surface area contributed by atoms with E-state index in [0.29, 0.717) is 0 Å². The highest BCUT2D eigenvalue weighted by Gasteiger charge is 2.32. The van der Waals surface area contributed by atoms with E-state index in [1.165, 1.54) is 42.5 Å². The van der Waals surface area contributed by atoms with E-state index in [2.05, 4.69) is 20.6 Å². The summed E-state index contributed by atoms with van der Waals surface area (Å²) in [6, 6.07) is 5.27. The number of hydrogen-bond acceptors (Lipinski definition) is 6. The Morgan fingerprint density at radius 1 is 1.37 bits per heavy atom. The zero-order valence-electron chi connectivity index (χ0n) is 14.3. The van der Waals surface area contributed by atoms with E-state index in [1.807, 2.05) is 0 Å². The Kier molecular flexibility index (Phi) is 5.25. The Labute approximate surface area is 153 Å². The molecule has 1 aliphatic heterocycles. The predicted octanol–water partition coefficient (Wildman–Crippen LogP) is 1.33. The number of carbonyl (C=O) groups excluding carboxylic acids is 3. The highest BCUT2D eigenvalue weighted by molar-refractivity contribution is 6.04. The number of halogens is 1. The summed E-state index contributed by atoms with van der Waals surface area (Å²) in [5, 5.41) is 5.01. The van der Waals surface area contributed by atoms with Crippen LogP contribution in [-0.2, 0) is 9.53 Å². The Morgan fingerprint density at radius 2 is 2.19 bits per heavy atom. The summed E-state index contributed by atoms with van der Waals surface area (Å²) in [5.74, 6) is -1.47. The molecule has 0 unspecified atom stereocenters. The molecule has 0 spiro atoms. The van der Waals surface area contributed by atoms with Gasteiger partial charge in [-0.05, 0) is 24.3 Å². The summed E-state index contributed by atoms with van der Waals surface area (Å²) < 4.78 is 19.5. The number of ether oxygens (including phenoxy) is 1. The van der Waals surface area contributed by atoms with Crippen LogP contribution in [0.5, 0.6) is 0 Å². The molecule has 0 bridgehead atoms. The number of aromatic nitrogens is 2. The fourth-order valence-electron chi connectivity index (χ4n) is 2.50. The first-order valence-electron chi connectivity index (χ1n) is 8.03. The molecular weight excluding hydrogens is 357 g/mol. The number of anilines is 2. The summed E-state index contributed by atoms with van der Waals surface area (Å²) >= 11 is 0. The molecule has 0 radical (unpaired) electrons. The molecule has 1 aliphatic rings. The van der Waals surface area contributed by atoms with Crippen molar-refractivity contribution < 1.29 is 23.5 Å². The van der Waals surface area contributed by atoms with Crippen molar-refractivity contribution in [1.82, 2.24) is 15.3 Å². The number of rotatable bonds is 5. The van der Waals surface area contributed by atoms with Crippen LogP contribution in [0.15, 0.2) is 36.8 Å². The third-order valence-corrected chi connectivity index (χ3v) is 3.79. The number of benzene rings is 1. The van der Waals surface area contributed by atoms with E-state index in [4.69, 9.17) is 4.74 Å². The van der Waals surface area contributed by atoms with Crippen LogP contribution in [0.25, 0.3) is 0 Å². The number of carbonyl (C=O) groups is 3. The van der Waals surface area contributed by atoms with E-state index in [9.17, 15) is 18.8 Å². The number of cyclic esters (lactones) is 1. The third kappa shape index (κ3) is 4.35. The smallest absolute Gasteiger partial charge is 0.414 e. The summed E-state index contributed by atoms with van der Waals surface area (Å²) in [6.07, 6.45) is 1.51. The standard InChI is InChI=1S/C17H16FN5O4/c1-10(24)20-7-12-8-23(17(26)27-12)11-2-3-13(14(18)6-11)16(25)22-15-4-5-19-9-21-15/h2-6,9,12H,7-8H2,1H3,(H,20,24)(H,19,21,22,25)/t12-/m0/s1. The minimum atomic E-state index is -0.794. The molecule has 1 saturated heterocycles. The average Bonchev–Trinajstić information content (AvgIpc) is 3.01. The Bertz CT molecular complexity index is 877. The van der Waals surface area contributed by atoms with Crippen molar-refractivity contribution in [3.05, 3.63) is 48.2 Å². The maximum absolute atomic E-state index is 14.4. The van der Waals surface area contributed by atoms with Gasteiger partial charge >= 0.3 is 6.09 Å². The van der Waals surface area contributed by atoms with Gasteiger partial charge in [0.2, 0.25) is 5.91 Å². The quantitative estimate of drug-likeness (QED) is 0.817. The molecule has 3 amide bonds. The van der Waals surface area contributed by atoms with Gasteiger partial charge in [-0.25, -0.2) is 19.2 Å². The van der Waals surface area contributed by atoms with E-state index in [0.717, 1.165) is 6.07 Å². The molecule has 2 heterocycles. The van der Waals surface area contributed by atoms with Crippen LogP contribution in [0.3, 0.4) is 0 Å². The van der Waals surface area contributed by atoms with Gasteiger partial charge in [0.1, 0.15) is 24.1 Å². The largest absolute Gasteiger partial charge is 0.442 e. The molecule has 27 heavy (non-hydrogen) atoms. The van der Waals surface area contributed by atoms with E-state index < -0.39 is 23.9 Å². The molecule has 140 valence electrons. The summed E-state index contributed by atoms with van der Waals surface area (Å²) in [7, 11) is 0. The summed E-state index contributed by atoms with van der Waals surface area (Å²) in [6.45, 7) is 1.68. The second-order valence-corrected chi connectivity index (χ2v) is 5.77. The van der Waals surface area contributed by atoms with Gasteiger partial charge in [-0.2, -0.15) is 0 Å². The van der Waals surface area contributed by atoms with Gasteiger partial charge in [-0.15, -0.1) is 0 Å². The van der Waals surface area contributed by atoms with Gasteiger partial charge in [-0.1, -0.05) is 0 Å². The predicted molar refractivity (Wildman–Crippen MR) is 92.7 cm³/mol. The van der Waals surface area contributed by atoms with Crippen molar-refractivity contribution in [2.75, 3.05) is 23.3 Å². The molecule has 1 aromatic heterocycles. The number of nitrogens with zero attached hydrogens (tertiary/aromatic N) is 3. The zero-order valence-corrected chi connectivity index (χ0v) is 14.3. The maximum Gasteiger partial charge on any atom is 0.414 e. The fourth-order valence-corrected chi connectivity index (χ4v) is 2.50. The van der Waals surface area contributed by atoms with E-state index in [-0.39, 0.29) is 36.1 Å². The first-order chi connectivity index (χ1) is 12.9. The molecule has 3 rings (SSSR count). The lowest BCUT2D eigenvalue weighted by molar-refractivity contribution is -0.119. The van der Waals surface area contributed by atoms with Crippen LogP contribution < -0.4 is 15.5 Å². The van der Waals surface area contributed by atoms with Crippen LogP contribution in [-0.4, -0.2) is 47.1 Å². The van der Waals surface area contributed by atoms with Crippen LogP contribution >= 0.6 is 0 Å². The van der Waals surface area contributed by atoms with Gasteiger partial charge in [0.15, 0.2) is 0 Å².